The average Bonchev–Trinajstić information content (AvgIpc) is 2.45. The van der Waals surface area contributed by atoms with Gasteiger partial charge in [-0.3, -0.25) is 4.72 Å². The van der Waals surface area contributed by atoms with Gasteiger partial charge < -0.3 is 0 Å². The van der Waals surface area contributed by atoms with Gasteiger partial charge in [-0.2, -0.15) is 0 Å². The first-order valence-corrected chi connectivity index (χ1v) is 8.47. The lowest BCUT2D eigenvalue weighted by atomic mass is 10.1. The molecule has 2 aromatic rings. The van der Waals surface area contributed by atoms with Crippen LogP contribution in [0.5, 0.6) is 0 Å². The summed E-state index contributed by atoms with van der Waals surface area (Å²) in [6.07, 6.45) is 3.07. The number of aryl methyl sites for hydroxylation is 1. The fourth-order valence-electron chi connectivity index (χ4n) is 2.02. The van der Waals surface area contributed by atoms with E-state index in [1.54, 1.807) is 12.1 Å². The average molecular weight is 325 g/mol. The highest BCUT2D eigenvalue weighted by molar-refractivity contribution is 7.92. The van der Waals surface area contributed by atoms with Crippen LogP contribution < -0.4 is 4.72 Å². The smallest absolute Gasteiger partial charge is 0.264 e. The first kappa shape index (κ1) is 16.4. The van der Waals surface area contributed by atoms with Crippen LogP contribution in [0.1, 0.15) is 25.3 Å². The number of halogens is 2. The monoisotopic (exact) mass is 325 g/mol. The molecule has 0 bridgehead atoms. The van der Waals surface area contributed by atoms with E-state index in [9.17, 15) is 17.2 Å². The number of anilines is 1. The summed E-state index contributed by atoms with van der Waals surface area (Å²) in [6, 6.07) is 9.27. The largest absolute Gasteiger partial charge is 0.280 e. The van der Waals surface area contributed by atoms with Gasteiger partial charge in [0, 0.05) is 11.8 Å². The molecule has 0 radical (unpaired) electrons. The van der Waals surface area contributed by atoms with E-state index in [2.05, 4.69) is 11.6 Å². The molecular formula is C16H17F2NO2S. The molecule has 0 aliphatic carbocycles. The summed E-state index contributed by atoms with van der Waals surface area (Å²) in [5, 5.41) is 0. The molecule has 0 fully saturated rings. The molecule has 0 saturated heterocycles. The lowest BCUT2D eigenvalue weighted by Crippen LogP contribution is -2.14. The Hall–Kier alpha value is -1.95. The zero-order chi connectivity index (χ0) is 16.2. The van der Waals surface area contributed by atoms with E-state index < -0.39 is 26.6 Å². The summed E-state index contributed by atoms with van der Waals surface area (Å²) in [7, 11) is -4.08. The molecule has 0 amide bonds. The third kappa shape index (κ3) is 4.04. The van der Waals surface area contributed by atoms with Crippen molar-refractivity contribution in [2.24, 2.45) is 0 Å². The topological polar surface area (TPSA) is 46.2 Å². The van der Waals surface area contributed by atoms with Gasteiger partial charge in [0.2, 0.25) is 0 Å². The van der Waals surface area contributed by atoms with Crippen molar-refractivity contribution < 1.29 is 17.2 Å². The number of hydrogen-bond acceptors (Lipinski definition) is 2. The number of rotatable bonds is 6. The Morgan fingerprint density at radius 1 is 1.05 bits per heavy atom. The van der Waals surface area contributed by atoms with E-state index in [1.807, 2.05) is 12.1 Å². The van der Waals surface area contributed by atoms with Crippen LogP contribution in [0.25, 0.3) is 0 Å². The van der Waals surface area contributed by atoms with Crippen molar-refractivity contribution in [3.05, 3.63) is 59.7 Å². The van der Waals surface area contributed by atoms with Crippen LogP contribution in [0.2, 0.25) is 0 Å². The molecular weight excluding hydrogens is 308 g/mol. The Balaban J connectivity index is 2.18. The van der Waals surface area contributed by atoms with Gasteiger partial charge in [0.1, 0.15) is 16.5 Å². The maximum Gasteiger partial charge on any atom is 0.264 e. The van der Waals surface area contributed by atoms with E-state index in [4.69, 9.17) is 0 Å². The molecule has 0 aliphatic heterocycles. The third-order valence-corrected chi connectivity index (χ3v) is 4.62. The molecule has 1 N–H and O–H groups in total. The van der Waals surface area contributed by atoms with Crippen LogP contribution in [0.4, 0.5) is 14.5 Å². The number of sulfonamides is 1. The fraction of sp³-hybridized carbons (Fsp3) is 0.250. The van der Waals surface area contributed by atoms with Crippen molar-refractivity contribution in [1.82, 2.24) is 0 Å². The lowest BCUT2D eigenvalue weighted by Gasteiger charge is -2.09. The Labute approximate surface area is 129 Å². The molecule has 3 nitrogen and oxygen atoms in total. The van der Waals surface area contributed by atoms with Crippen molar-refractivity contribution in [3.8, 4) is 0 Å². The SMILES string of the molecule is CCCCc1ccc(NS(=O)(=O)c2ccc(F)cc2F)cc1. The molecule has 0 aliphatic rings. The van der Waals surface area contributed by atoms with Crippen LogP contribution >= 0.6 is 0 Å². The van der Waals surface area contributed by atoms with Crippen molar-refractivity contribution in [1.29, 1.82) is 0 Å². The van der Waals surface area contributed by atoms with E-state index in [-0.39, 0.29) is 0 Å². The molecule has 0 heterocycles. The van der Waals surface area contributed by atoms with E-state index in [1.165, 1.54) is 0 Å². The van der Waals surface area contributed by atoms with Gasteiger partial charge in [-0.1, -0.05) is 25.5 Å². The summed E-state index contributed by atoms with van der Waals surface area (Å²) in [4.78, 5) is -0.580. The number of unbranched alkanes of at least 4 members (excludes halogenated alkanes) is 1. The predicted molar refractivity (Wildman–Crippen MR) is 82.2 cm³/mol. The van der Waals surface area contributed by atoms with Gasteiger partial charge >= 0.3 is 0 Å². The van der Waals surface area contributed by atoms with Crippen molar-refractivity contribution in [2.45, 2.75) is 31.1 Å². The molecule has 0 unspecified atom stereocenters. The van der Waals surface area contributed by atoms with Crippen molar-refractivity contribution >= 4 is 15.7 Å². The molecule has 0 saturated carbocycles. The highest BCUT2D eigenvalue weighted by atomic mass is 32.2. The maximum atomic E-state index is 13.6. The first-order valence-electron chi connectivity index (χ1n) is 6.99. The van der Waals surface area contributed by atoms with Gasteiger partial charge in [0.25, 0.3) is 10.0 Å². The minimum absolute atomic E-state index is 0.337. The number of benzene rings is 2. The Morgan fingerprint density at radius 2 is 1.73 bits per heavy atom. The lowest BCUT2D eigenvalue weighted by molar-refractivity contribution is 0.551. The second-order valence-corrected chi connectivity index (χ2v) is 6.63. The molecule has 6 heteroatoms. The van der Waals surface area contributed by atoms with Crippen LogP contribution in [0, 0.1) is 11.6 Å². The second kappa shape index (κ2) is 6.87. The van der Waals surface area contributed by atoms with Gasteiger partial charge in [0.15, 0.2) is 0 Å². The summed E-state index contributed by atoms with van der Waals surface area (Å²) >= 11 is 0. The minimum Gasteiger partial charge on any atom is -0.280 e. The predicted octanol–water partition coefficient (Wildman–Crippen LogP) is 4.11. The van der Waals surface area contributed by atoms with Gasteiger partial charge in [0.05, 0.1) is 0 Å². The minimum atomic E-state index is -4.08. The summed E-state index contributed by atoms with van der Waals surface area (Å²) < 4.78 is 53.0. The summed E-state index contributed by atoms with van der Waals surface area (Å²) in [5.41, 5.74) is 1.45. The Bertz CT molecular complexity index is 743. The highest BCUT2D eigenvalue weighted by Gasteiger charge is 2.19. The Morgan fingerprint density at radius 3 is 2.32 bits per heavy atom. The maximum absolute atomic E-state index is 13.6. The Kier molecular flexibility index (Phi) is 5.13. The van der Waals surface area contributed by atoms with Gasteiger partial charge in [-0.05, 0) is 42.7 Å². The zero-order valence-electron chi connectivity index (χ0n) is 12.1. The van der Waals surface area contributed by atoms with E-state index in [0.29, 0.717) is 11.8 Å². The normalized spacial score (nSPS) is 11.4. The molecule has 2 rings (SSSR count). The quantitative estimate of drug-likeness (QED) is 0.869. The van der Waals surface area contributed by atoms with Crippen LogP contribution in [0.3, 0.4) is 0 Å². The molecule has 0 aromatic heterocycles. The van der Waals surface area contributed by atoms with Crippen LogP contribution in [-0.2, 0) is 16.4 Å². The number of nitrogens with one attached hydrogen (secondary N) is 1. The summed E-state index contributed by atoms with van der Waals surface area (Å²) in [5.74, 6) is -1.94. The van der Waals surface area contributed by atoms with Gasteiger partial charge in [-0.25, -0.2) is 17.2 Å². The molecule has 22 heavy (non-hydrogen) atoms. The molecule has 2 aromatic carbocycles. The zero-order valence-corrected chi connectivity index (χ0v) is 13.0. The van der Waals surface area contributed by atoms with Crippen molar-refractivity contribution in [2.75, 3.05) is 4.72 Å². The second-order valence-electron chi connectivity index (χ2n) is 4.98. The standard InChI is InChI=1S/C16H17F2NO2S/c1-2-3-4-12-5-8-14(9-6-12)19-22(20,21)16-10-7-13(17)11-15(16)18/h5-11,19H,2-4H2,1H3. The van der Waals surface area contributed by atoms with Gasteiger partial charge in [-0.15, -0.1) is 0 Å². The molecule has 0 spiro atoms. The summed E-state index contributed by atoms with van der Waals surface area (Å²) in [6.45, 7) is 2.10. The third-order valence-electron chi connectivity index (χ3n) is 3.21. The van der Waals surface area contributed by atoms with Crippen LogP contribution in [-0.4, -0.2) is 8.42 Å². The first-order chi connectivity index (χ1) is 10.4. The fourth-order valence-corrected chi connectivity index (χ4v) is 3.14. The van der Waals surface area contributed by atoms with E-state index >= 15 is 0 Å². The highest BCUT2D eigenvalue weighted by Crippen LogP contribution is 2.20. The molecule has 0 atom stereocenters. The number of hydrogen-bond donors (Lipinski definition) is 1. The van der Waals surface area contributed by atoms with E-state index in [0.717, 1.165) is 37.0 Å². The van der Waals surface area contributed by atoms with Crippen molar-refractivity contribution in [3.63, 3.8) is 0 Å². The van der Waals surface area contributed by atoms with Crippen LogP contribution in [0.15, 0.2) is 47.4 Å². The molecule has 118 valence electrons.